The Balaban J connectivity index is 2.25. The normalized spacial score (nSPS) is 18.4. The number of hydrogen-bond acceptors (Lipinski definition) is 4. The predicted molar refractivity (Wildman–Crippen MR) is 78.7 cm³/mol. The Hall–Kier alpha value is -2.06. The minimum atomic E-state index is -0.237. The number of amides is 2. The van der Waals surface area contributed by atoms with Crippen molar-refractivity contribution in [2.24, 2.45) is 0 Å². The fourth-order valence-electron chi connectivity index (χ4n) is 1.85. The van der Waals surface area contributed by atoms with E-state index in [0.29, 0.717) is 10.5 Å². The van der Waals surface area contributed by atoms with E-state index in [1.807, 2.05) is 19.9 Å². The smallest absolute Gasteiger partial charge is 0.268 e. The molecule has 2 rings (SSSR count). The van der Waals surface area contributed by atoms with Gasteiger partial charge in [0.1, 0.15) is 0 Å². The van der Waals surface area contributed by atoms with Gasteiger partial charge in [0.25, 0.3) is 11.1 Å². The van der Waals surface area contributed by atoms with Gasteiger partial charge in [0.15, 0.2) is 0 Å². The lowest BCUT2D eigenvalue weighted by Gasteiger charge is -2.19. The van der Waals surface area contributed by atoms with Crippen LogP contribution >= 0.6 is 11.8 Å². The molecule has 102 valence electrons. The van der Waals surface area contributed by atoms with Crippen LogP contribution in [0.5, 0.6) is 0 Å². The Morgan fingerprint density at radius 3 is 2.55 bits per heavy atom. The summed E-state index contributed by atoms with van der Waals surface area (Å²) in [5, 5.41) is 8.52. The second-order valence-electron chi connectivity index (χ2n) is 4.54. The molecule has 1 heterocycles. The van der Waals surface area contributed by atoms with Gasteiger partial charge in [-0.3, -0.25) is 14.5 Å². The van der Waals surface area contributed by atoms with Crippen molar-refractivity contribution in [3.63, 3.8) is 0 Å². The molecule has 0 spiro atoms. The topological polar surface area (TPSA) is 61.2 Å². The van der Waals surface area contributed by atoms with E-state index in [-0.39, 0.29) is 17.2 Å². The number of rotatable bonds is 3. The fraction of sp³-hybridized carbons (Fsp3) is 0.267. The molecule has 0 unspecified atom stereocenters. The Morgan fingerprint density at radius 2 is 2.00 bits per heavy atom. The average Bonchev–Trinajstić information content (AvgIpc) is 2.73. The van der Waals surface area contributed by atoms with Gasteiger partial charge in [-0.2, -0.15) is 5.26 Å². The van der Waals surface area contributed by atoms with Crippen LogP contribution < -0.4 is 0 Å². The number of hydrogen-bond donors (Lipinski definition) is 0. The quantitative estimate of drug-likeness (QED) is 0.799. The van der Waals surface area contributed by atoms with Gasteiger partial charge in [-0.05, 0) is 48.9 Å². The Morgan fingerprint density at radius 1 is 1.35 bits per heavy atom. The number of imide groups is 1. The molecular weight excluding hydrogens is 272 g/mol. The van der Waals surface area contributed by atoms with Crippen LogP contribution in [0.2, 0.25) is 0 Å². The molecule has 0 saturated carbocycles. The molecule has 20 heavy (non-hydrogen) atoms. The van der Waals surface area contributed by atoms with Crippen molar-refractivity contribution in [3.8, 4) is 6.07 Å². The molecule has 1 aromatic carbocycles. The average molecular weight is 286 g/mol. The van der Waals surface area contributed by atoms with Gasteiger partial charge in [-0.1, -0.05) is 19.1 Å². The van der Waals surface area contributed by atoms with E-state index in [2.05, 4.69) is 0 Å². The third kappa shape index (κ3) is 2.75. The van der Waals surface area contributed by atoms with Crippen LogP contribution in [0.3, 0.4) is 0 Å². The first-order valence-electron chi connectivity index (χ1n) is 6.34. The molecule has 4 nitrogen and oxygen atoms in total. The maximum atomic E-state index is 12.2. The Bertz CT molecular complexity index is 614. The van der Waals surface area contributed by atoms with E-state index in [1.54, 1.807) is 30.3 Å². The molecule has 1 fully saturated rings. The van der Waals surface area contributed by atoms with Gasteiger partial charge in [0.05, 0.1) is 16.5 Å². The van der Waals surface area contributed by atoms with Crippen LogP contribution in [-0.4, -0.2) is 22.1 Å². The van der Waals surface area contributed by atoms with Crippen LogP contribution in [-0.2, 0) is 4.79 Å². The third-order valence-electron chi connectivity index (χ3n) is 3.19. The van der Waals surface area contributed by atoms with Gasteiger partial charge in [0.2, 0.25) is 0 Å². The first-order valence-corrected chi connectivity index (χ1v) is 7.15. The summed E-state index contributed by atoms with van der Waals surface area (Å²) in [4.78, 5) is 25.8. The summed E-state index contributed by atoms with van der Waals surface area (Å²) < 4.78 is 0. The van der Waals surface area contributed by atoms with Crippen molar-refractivity contribution >= 4 is 29.0 Å². The molecule has 1 aliphatic rings. The molecule has 0 bridgehead atoms. The zero-order valence-electron chi connectivity index (χ0n) is 11.3. The summed E-state index contributed by atoms with van der Waals surface area (Å²) >= 11 is 0.964. The highest BCUT2D eigenvalue weighted by Crippen LogP contribution is 2.34. The first kappa shape index (κ1) is 14.4. The van der Waals surface area contributed by atoms with Crippen LogP contribution in [0.4, 0.5) is 4.79 Å². The van der Waals surface area contributed by atoms with Crippen molar-refractivity contribution in [2.45, 2.75) is 26.3 Å². The van der Waals surface area contributed by atoms with E-state index >= 15 is 0 Å². The summed E-state index contributed by atoms with van der Waals surface area (Å²) in [7, 11) is 0. The third-order valence-corrected chi connectivity index (χ3v) is 4.08. The van der Waals surface area contributed by atoms with Crippen LogP contribution in [0, 0.1) is 11.3 Å². The molecule has 0 N–H and O–H groups in total. The summed E-state index contributed by atoms with van der Waals surface area (Å²) in [6.45, 7) is 3.80. The van der Waals surface area contributed by atoms with Gasteiger partial charge in [-0.15, -0.1) is 0 Å². The number of carbonyl (C=O) groups excluding carboxylic acids is 2. The summed E-state index contributed by atoms with van der Waals surface area (Å²) in [6.07, 6.45) is 2.43. The minimum absolute atomic E-state index is 0.0886. The van der Waals surface area contributed by atoms with Crippen molar-refractivity contribution in [1.82, 2.24) is 4.90 Å². The van der Waals surface area contributed by atoms with Crippen molar-refractivity contribution in [2.75, 3.05) is 0 Å². The fourth-order valence-corrected chi connectivity index (χ4v) is 2.78. The summed E-state index contributed by atoms with van der Waals surface area (Å²) in [6, 6.07) is 8.84. The van der Waals surface area contributed by atoms with Gasteiger partial charge < -0.3 is 0 Å². The molecular formula is C15H14N2O2S. The monoisotopic (exact) mass is 286 g/mol. The number of benzene rings is 1. The van der Waals surface area contributed by atoms with Gasteiger partial charge >= 0.3 is 0 Å². The lowest BCUT2D eigenvalue weighted by Crippen LogP contribution is -2.36. The maximum absolute atomic E-state index is 12.2. The zero-order valence-corrected chi connectivity index (χ0v) is 12.1. The molecule has 0 radical (unpaired) electrons. The van der Waals surface area contributed by atoms with E-state index in [9.17, 15) is 9.59 Å². The molecule has 1 aliphatic heterocycles. The molecule has 1 saturated heterocycles. The van der Waals surface area contributed by atoms with Crippen LogP contribution in [0.1, 0.15) is 31.4 Å². The van der Waals surface area contributed by atoms with Gasteiger partial charge in [-0.25, -0.2) is 0 Å². The molecule has 1 aromatic rings. The molecule has 0 aliphatic carbocycles. The largest absolute Gasteiger partial charge is 0.293 e. The highest BCUT2D eigenvalue weighted by atomic mass is 32.2. The maximum Gasteiger partial charge on any atom is 0.293 e. The second kappa shape index (κ2) is 5.93. The van der Waals surface area contributed by atoms with Crippen LogP contribution in [0.15, 0.2) is 29.2 Å². The number of nitrogens with zero attached hydrogens (tertiary/aromatic N) is 2. The van der Waals surface area contributed by atoms with Crippen molar-refractivity contribution < 1.29 is 9.59 Å². The van der Waals surface area contributed by atoms with Crippen molar-refractivity contribution in [3.05, 3.63) is 40.3 Å². The SMILES string of the molecule is CC[C@@H](C)N1C(=O)S/C(=C/c2ccc(C#N)cc2)C1=O. The zero-order chi connectivity index (χ0) is 14.7. The molecule has 0 aromatic heterocycles. The number of nitriles is 1. The Kier molecular flexibility index (Phi) is 4.26. The van der Waals surface area contributed by atoms with Gasteiger partial charge in [0, 0.05) is 6.04 Å². The lowest BCUT2D eigenvalue weighted by atomic mass is 10.1. The molecule has 1 atom stereocenters. The first-order chi connectivity index (χ1) is 9.56. The highest BCUT2D eigenvalue weighted by Gasteiger charge is 2.37. The van der Waals surface area contributed by atoms with E-state index in [1.165, 1.54) is 4.90 Å². The van der Waals surface area contributed by atoms with E-state index in [4.69, 9.17) is 5.26 Å². The number of carbonyl (C=O) groups is 2. The summed E-state index contributed by atoms with van der Waals surface area (Å²) in [5.74, 6) is -0.237. The number of thioether (sulfide) groups is 1. The Labute approximate surface area is 122 Å². The van der Waals surface area contributed by atoms with E-state index in [0.717, 1.165) is 23.7 Å². The minimum Gasteiger partial charge on any atom is -0.268 e. The van der Waals surface area contributed by atoms with Crippen molar-refractivity contribution in [1.29, 1.82) is 5.26 Å². The molecule has 5 heteroatoms. The predicted octanol–water partition coefficient (Wildman–Crippen LogP) is 3.39. The van der Waals surface area contributed by atoms with Crippen LogP contribution in [0.25, 0.3) is 6.08 Å². The second-order valence-corrected chi connectivity index (χ2v) is 5.54. The highest BCUT2D eigenvalue weighted by molar-refractivity contribution is 8.18. The standard InChI is InChI=1S/C15H14N2O2S/c1-3-10(2)17-14(18)13(20-15(17)19)8-11-4-6-12(9-16)7-5-11/h4-8,10H,3H2,1-2H3/b13-8+/t10-/m1/s1. The lowest BCUT2D eigenvalue weighted by molar-refractivity contribution is -0.124. The summed E-state index contributed by atoms with van der Waals surface area (Å²) in [5.41, 5.74) is 1.37. The van der Waals surface area contributed by atoms with E-state index < -0.39 is 0 Å². The molecule has 2 amide bonds.